The van der Waals surface area contributed by atoms with Crippen LogP contribution < -0.4 is 5.32 Å². The Morgan fingerprint density at radius 3 is 2.72 bits per heavy atom. The molecular formula is C23H29N5O. The number of hydrogen-bond acceptors (Lipinski definition) is 6. The molecule has 1 saturated heterocycles. The third-order valence-electron chi connectivity index (χ3n) is 5.39. The molecule has 6 heteroatoms. The highest BCUT2D eigenvalue weighted by Crippen LogP contribution is 2.23. The van der Waals surface area contributed by atoms with E-state index in [2.05, 4.69) is 70.4 Å². The lowest BCUT2D eigenvalue weighted by molar-refractivity contribution is 0.211. The summed E-state index contributed by atoms with van der Waals surface area (Å²) in [7, 11) is 0. The van der Waals surface area contributed by atoms with Crippen LogP contribution in [0.15, 0.2) is 47.1 Å². The van der Waals surface area contributed by atoms with E-state index in [0.29, 0.717) is 11.9 Å². The summed E-state index contributed by atoms with van der Waals surface area (Å²) in [4.78, 5) is 11.5. The maximum absolute atomic E-state index is 5.41. The van der Waals surface area contributed by atoms with Crippen molar-refractivity contribution >= 4 is 5.82 Å². The molecule has 0 unspecified atom stereocenters. The Labute approximate surface area is 172 Å². The van der Waals surface area contributed by atoms with E-state index in [-0.39, 0.29) is 5.92 Å². The van der Waals surface area contributed by atoms with E-state index in [1.54, 1.807) is 6.20 Å². The highest BCUT2D eigenvalue weighted by Gasteiger charge is 2.20. The van der Waals surface area contributed by atoms with Crippen molar-refractivity contribution < 1.29 is 4.52 Å². The number of anilines is 1. The van der Waals surface area contributed by atoms with Crippen molar-refractivity contribution in [2.45, 2.75) is 52.1 Å². The smallest absolute Gasteiger partial charge is 0.258 e. The third-order valence-corrected chi connectivity index (χ3v) is 5.39. The fraction of sp³-hybridized carbons (Fsp3) is 0.435. The fourth-order valence-electron chi connectivity index (χ4n) is 3.74. The van der Waals surface area contributed by atoms with E-state index < -0.39 is 0 Å². The topological polar surface area (TPSA) is 67.1 Å². The van der Waals surface area contributed by atoms with Gasteiger partial charge in [-0.2, -0.15) is 4.98 Å². The maximum atomic E-state index is 5.41. The molecule has 0 radical (unpaired) electrons. The summed E-state index contributed by atoms with van der Waals surface area (Å²) in [5, 5.41) is 7.64. The van der Waals surface area contributed by atoms with E-state index in [9.17, 15) is 0 Å². The highest BCUT2D eigenvalue weighted by atomic mass is 16.5. The van der Waals surface area contributed by atoms with Gasteiger partial charge >= 0.3 is 0 Å². The summed E-state index contributed by atoms with van der Waals surface area (Å²) in [6, 6.07) is 13.1. The number of nitrogens with one attached hydrogen (secondary N) is 1. The maximum Gasteiger partial charge on any atom is 0.258 e. The van der Waals surface area contributed by atoms with Gasteiger partial charge in [0.05, 0.1) is 0 Å². The number of aryl methyl sites for hydroxylation is 1. The molecule has 0 atom stereocenters. The normalized spacial score (nSPS) is 15.7. The zero-order valence-corrected chi connectivity index (χ0v) is 17.4. The lowest BCUT2D eigenvalue weighted by atomic mass is 10.0. The van der Waals surface area contributed by atoms with Crippen LogP contribution in [-0.4, -0.2) is 39.2 Å². The molecule has 1 aromatic carbocycles. The van der Waals surface area contributed by atoms with E-state index in [1.165, 1.54) is 11.1 Å². The van der Waals surface area contributed by atoms with Crippen molar-refractivity contribution in [2.24, 2.45) is 0 Å². The molecule has 0 bridgehead atoms. The average Bonchev–Trinajstić information content (AvgIpc) is 3.21. The SMILES string of the molecule is Cc1cccc(CN2CCC(Nc3cc(-c4nc(C(C)C)no4)ccn3)CC2)c1. The second-order valence-electron chi connectivity index (χ2n) is 8.23. The number of pyridine rings is 1. The van der Waals surface area contributed by atoms with Crippen molar-refractivity contribution in [3.05, 3.63) is 59.5 Å². The number of nitrogens with zero attached hydrogens (tertiary/aromatic N) is 4. The van der Waals surface area contributed by atoms with Crippen LogP contribution in [0.5, 0.6) is 0 Å². The van der Waals surface area contributed by atoms with Gasteiger partial charge in [0.25, 0.3) is 5.89 Å². The van der Waals surface area contributed by atoms with Crippen LogP contribution >= 0.6 is 0 Å². The van der Waals surface area contributed by atoms with Gasteiger partial charge in [0, 0.05) is 43.4 Å². The zero-order chi connectivity index (χ0) is 20.2. The highest BCUT2D eigenvalue weighted by molar-refractivity contribution is 5.58. The summed E-state index contributed by atoms with van der Waals surface area (Å²) in [5.74, 6) is 2.39. The molecule has 1 aliphatic heterocycles. The molecule has 0 aliphatic carbocycles. The second kappa shape index (κ2) is 8.74. The number of rotatable bonds is 6. The van der Waals surface area contributed by atoms with Crippen LogP contribution in [0.2, 0.25) is 0 Å². The first-order valence-corrected chi connectivity index (χ1v) is 10.4. The van der Waals surface area contributed by atoms with Gasteiger partial charge < -0.3 is 9.84 Å². The van der Waals surface area contributed by atoms with Crippen LogP contribution in [0.3, 0.4) is 0 Å². The van der Waals surface area contributed by atoms with E-state index in [0.717, 1.165) is 49.7 Å². The van der Waals surface area contributed by atoms with Crippen molar-refractivity contribution in [3.8, 4) is 11.5 Å². The molecule has 3 aromatic rings. The van der Waals surface area contributed by atoms with Gasteiger partial charge in [-0.3, -0.25) is 4.90 Å². The van der Waals surface area contributed by atoms with Crippen molar-refractivity contribution in [1.29, 1.82) is 0 Å². The minimum atomic E-state index is 0.247. The monoisotopic (exact) mass is 391 g/mol. The molecule has 0 spiro atoms. The van der Waals surface area contributed by atoms with Crippen LogP contribution in [0.1, 0.15) is 49.6 Å². The molecule has 0 saturated carbocycles. The Hall–Kier alpha value is -2.73. The molecule has 1 fully saturated rings. The number of likely N-dealkylation sites (tertiary alicyclic amines) is 1. The summed E-state index contributed by atoms with van der Waals surface area (Å²) in [5.41, 5.74) is 3.62. The lowest BCUT2D eigenvalue weighted by Gasteiger charge is -2.32. The van der Waals surface area contributed by atoms with Crippen molar-refractivity contribution in [2.75, 3.05) is 18.4 Å². The Bertz CT molecular complexity index is 944. The molecular weight excluding hydrogens is 362 g/mol. The van der Waals surface area contributed by atoms with Gasteiger partial charge in [-0.25, -0.2) is 4.98 Å². The molecule has 4 rings (SSSR count). The van der Waals surface area contributed by atoms with Crippen LogP contribution in [0.25, 0.3) is 11.5 Å². The van der Waals surface area contributed by atoms with Gasteiger partial charge in [0.1, 0.15) is 5.82 Å². The zero-order valence-electron chi connectivity index (χ0n) is 17.4. The van der Waals surface area contributed by atoms with Crippen LogP contribution in [0.4, 0.5) is 5.82 Å². The van der Waals surface area contributed by atoms with E-state index >= 15 is 0 Å². The van der Waals surface area contributed by atoms with Crippen molar-refractivity contribution in [3.63, 3.8) is 0 Å². The summed E-state index contributed by atoms with van der Waals surface area (Å²) in [6.45, 7) is 9.47. The quantitative estimate of drug-likeness (QED) is 0.660. The molecule has 1 N–H and O–H groups in total. The minimum absolute atomic E-state index is 0.247. The molecule has 0 amide bonds. The largest absolute Gasteiger partial charge is 0.367 e. The van der Waals surface area contributed by atoms with Crippen molar-refractivity contribution in [1.82, 2.24) is 20.0 Å². The van der Waals surface area contributed by atoms with Gasteiger partial charge in [-0.1, -0.05) is 48.8 Å². The number of aromatic nitrogens is 3. The summed E-state index contributed by atoms with van der Waals surface area (Å²) < 4.78 is 5.41. The minimum Gasteiger partial charge on any atom is -0.367 e. The Kier molecular flexibility index (Phi) is 5.90. The molecule has 2 aromatic heterocycles. The second-order valence-corrected chi connectivity index (χ2v) is 8.23. The Balaban J connectivity index is 1.33. The Morgan fingerprint density at radius 2 is 2.00 bits per heavy atom. The number of benzene rings is 1. The van der Waals surface area contributed by atoms with Gasteiger partial charge in [0.15, 0.2) is 5.82 Å². The summed E-state index contributed by atoms with van der Waals surface area (Å²) >= 11 is 0. The first-order chi connectivity index (χ1) is 14.1. The van der Waals surface area contributed by atoms with Gasteiger partial charge in [-0.05, 0) is 37.5 Å². The van der Waals surface area contributed by atoms with Gasteiger partial charge in [0.2, 0.25) is 0 Å². The van der Waals surface area contributed by atoms with E-state index in [4.69, 9.17) is 4.52 Å². The molecule has 29 heavy (non-hydrogen) atoms. The fourth-order valence-corrected chi connectivity index (χ4v) is 3.74. The third kappa shape index (κ3) is 5.01. The predicted octanol–water partition coefficient (Wildman–Crippen LogP) is 4.64. The predicted molar refractivity (Wildman–Crippen MR) is 115 cm³/mol. The van der Waals surface area contributed by atoms with Gasteiger partial charge in [-0.15, -0.1) is 0 Å². The number of piperidine rings is 1. The lowest BCUT2D eigenvalue weighted by Crippen LogP contribution is -2.38. The van der Waals surface area contributed by atoms with E-state index in [1.807, 2.05) is 12.1 Å². The molecule has 152 valence electrons. The molecule has 3 heterocycles. The number of hydrogen-bond donors (Lipinski definition) is 1. The standard InChI is InChI=1S/C23H29N5O/c1-16(2)22-26-23(29-27-22)19-7-10-24-21(14-19)25-20-8-11-28(12-9-20)15-18-6-4-5-17(3)13-18/h4-7,10,13-14,16,20H,8-9,11-12,15H2,1-3H3,(H,24,25). The van der Waals surface area contributed by atoms with Crippen LogP contribution in [-0.2, 0) is 6.54 Å². The first-order valence-electron chi connectivity index (χ1n) is 10.4. The Morgan fingerprint density at radius 1 is 1.17 bits per heavy atom. The molecule has 1 aliphatic rings. The average molecular weight is 392 g/mol. The van der Waals surface area contributed by atoms with Crippen LogP contribution in [0, 0.1) is 6.92 Å². The summed E-state index contributed by atoms with van der Waals surface area (Å²) in [6.07, 6.45) is 4.01. The first kappa shape index (κ1) is 19.6. The molecule has 6 nitrogen and oxygen atoms in total.